The Hall–Kier alpha value is 0.120. The van der Waals surface area contributed by atoms with Crippen molar-refractivity contribution in [3.63, 3.8) is 0 Å². The molecule has 0 amide bonds. The molecule has 1 unspecified atom stereocenters. The maximum atomic E-state index is 11.7. The normalized spacial score (nSPS) is 20.9. The van der Waals surface area contributed by atoms with E-state index >= 15 is 0 Å². The molecule has 1 fully saturated rings. The van der Waals surface area contributed by atoms with Gasteiger partial charge >= 0.3 is 0 Å². The first-order valence-electron chi connectivity index (χ1n) is 5.87. The first-order chi connectivity index (χ1) is 7.64. The smallest absolute Gasteiger partial charge is 0.214 e. The number of ether oxygens (including phenoxy) is 1. The predicted molar refractivity (Wildman–Crippen MR) is 71.2 cm³/mol. The van der Waals surface area contributed by atoms with E-state index in [0.717, 1.165) is 32.2 Å². The molecule has 2 N–H and O–H groups in total. The molecule has 0 radical (unpaired) electrons. The number of sulfonamides is 1. The van der Waals surface area contributed by atoms with Crippen LogP contribution in [-0.4, -0.2) is 47.0 Å². The number of nitrogens with one attached hydrogen (secondary N) is 2. The number of hydrogen-bond acceptors (Lipinski definition) is 4. The zero-order chi connectivity index (χ0) is 11.9. The van der Waals surface area contributed by atoms with Crippen LogP contribution in [0, 0.1) is 0 Å². The first kappa shape index (κ1) is 17.1. The van der Waals surface area contributed by atoms with Crippen LogP contribution in [0.25, 0.3) is 0 Å². The fourth-order valence-corrected chi connectivity index (χ4v) is 3.06. The molecule has 0 aromatic carbocycles. The van der Waals surface area contributed by atoms with Crippen molar-refractivity contribution in [3.8, 4) is 0 Å². The van der Waals surface area contributed by atoms with Crippen molar-refractivity contribution in [1.82, 2.24) is 10.0 Å². The molecule has 0 spiro atoms. The second-order valence-electron chi connectivity index (χ2n) is 4.12. The van der Waals surface area contributed by atoms with Crippen LogP contribution in [0.1, 0.15) is 25.7 Å². The van der Waals surface area contributed by atoms with Crippen LogP contribution in [0.2, 0.25) is 0 Å². The molecule has 1 aliphatic rings. The molecule has 1 heterocycles. The van der Waals surface area contributed by atoms with Crippen LogP contribution in [0.5, 0.6) is 0 Å². The molecule has 5 nitrogen and oxygen atoms in total. The van der Waals surface area contributed by atoms with Gasteiger partial charge in [-0.2, -0.15) is 0 Å². The molecule has 0 aliphatic carbocycles. The molecule has 1 aliphatic heterocycles. The lowest BCUT2D eigenvalue weighted by molar-refractivity contribution is 0.0304. The zero-order valence-electron chi connectivity index (χ0n) is 10.3. The number of rotatable bonds is 7. The van der Waals surface area contributed by atoms with E-state index in [1.54, 1.807) is 0 Å². The molecule has 104 valence electrons. The van der Waals surface area contributed by atoms with Gasteiger partial charge in [0.05, 0.1) is 11.9 Å². The first-order valence-corrected chi connectivity index (χ1v) is 7.53. The second-order valence-corrected chi connectivity index (χ2v) is 5.97. The molecule has 0 aromatic heterocycles. The fourth-order valence-electron chi connectivity index (χ4n) is 1.74. The van der Waals surface area contributed by atoms with E-state index in [2.05, 4.69) is 10.0 Å². The van der Waals surface area contributed by atoms with Gasteiger partial charge in [0.25, 0.3) is 0 Å². The minimum absolute atomic E-state index is 0. The molecule has 1 rings (SSSR count). The molecule has 0 aromatic rings. The minimum Gasteiger partial charge on any atom is -0.377 e. The molecule has 0 saturated carbocycles. The van der Waals surface area contributed by atoms with E-state index in [1.807, 2.05) is 7.05 Å². The van der Waals surface area contributed by atoms with Crippen LogP contribution in [0.15, 0.2) is 0 Å². The van der Waals surface area contributed by atoms with E-state index in [-0.39, 0.29) is 24.3 Å². The Labute approximate surface area is 110 Å². The van der Waals surface area contributed by atoms with Gasteiger partial charge in [0.15, 0.2) is 0 Å². The Morgan fingerprint density at radius 3 is 2.65 bits per heavy atom. The topological polar surface area (TPSA) is 67.4 Å². The summed E-state index contributed by atoms with van der Waals surface area (Å²) in [6, 6.07) is 0. The van der Waals surface area contributed by atoms with E-state index in [0.29, 0.717) is 13.2 Å². The van der Waals surface area contributed by atoms with Gasteiger partial charge in [-0.1, -0.05) is 0 Å². The summed E-state index contributed by atoms with van der Waals surface area (Å²) >= 11 is 0. The maximum absolute atomic E-state index is 11.7. The second kappa shape index (κ2) is 9.10. The average Bonchev–Trinajstić information content (AvgIpc) is 2.25. The van der Waals surface area contributed by atoms with Crippen molar-refractivity contribution in [2.75, 3.05) is 32.5 Å². The number of halogens is 1. The van der Waals surface area contributed by atoms with Crippen LogP contribution < -0.4 is 10.0 Å². The van der Waals surface area contributed by atoms with Gasteiger partial charge in [-0.15, -0.1) is 12.4 Å². The largest absolute Gasteiger partial charge is 0.377 e. The van der Waals surface area contributed by atoms with E-state index in [4.69, 9.17) is 4.74 Å². The molecule has 1 saturated heterocycles. The van der Waals surface area contributed by atoms with Crippen LogP contribution in [-0.2, 0) is 14.8 Å². The highest BCUT2D eigenvalue weighted by atomic mass is 35.5. The van der Waals surface area contributed by atoms with Crippen LogP contribution in [0.4, 0.5) is 0 Å². The lowest BCUT2D eigenvalue weighted by atomic mass is 10.1. The molecule has 1 atom stereocenters. The van der Waals surface area contributed by atoms with Crippen LogP contribution >= 0.6 is 12.4 Å². The Morgan fingerprint density at radius 2 is 2.06 bits per heavy atom. The standard InChI is InChI=1S/C10H22N2O3S.ClH/c1-11-6-4-7-12-16(13,14)9-10-5-2-3-8-15-10;/h10-12H,2-9H2,1H3;1H. The van der Waals surface area contributed by atoms with Crippen LogP contribution in [0.3, 0.4) is 0 Å². The third kappa shape index (κ3) is 7.94. The summed E-state index contributed by atoms with van der Waals surface area (Å²) < 4.78 is 31.3. The summed E-state index contributed by atoms with van der Waals surface area (Å²) in [5.74, 6) is 0.104. The van der Waals surface area contributed by atoms with Gasteiger partial charge in [0.2, 0.25) is 10.0 Å². The lowest BCUT2D eigenvalue weighted by Crippen LogP contribution is -2.36. The van der Waals surface area contributed by atoms with E-state index < -0.39 is 10.0 Å². The van der Waals surface area contributed by atoms with Crippen molar-refractivity contribution in [2.45, 2.75) is 31.8 Å². The zero-order valence-corrected chi connectivity index (χ0v) is 11.9. The average molecular weight is 287 g/mol. The quantitative estimate of drug-likeness (QED) is 0.669. The predicted octanol–water partition coefficient (Wildman–Crippen LogP) is 0.506. The molecule has 0 bridgehead atoms. The highest BCUT2D eigenvalue weighted by molar-refractivity contribution is 7.89. The molecule has 17 heavy (non-hydrogen) atoms. The Kier molecular flexibility index (Phi) is 9.17. The van der Waals surface area contributed by atoms with Crippen molar-refractivity contribution in [3.05, 3.63) is 0 Å². The lowest BCUT2D eigenvalue weighted by Gasteiger charge is -2.22. The van der Waals surface area contributed by atoms with Gasteiger partial charge in [-0.3, -0.25) is 0 Å². The summed E-state index contributed by atoms with van der Waals surface area (Å²) in [6.45, 7) is 2.01. The van der Waals surface area contributed by atoms with Gasteiger partial charge in [0, 0.05) is 13.2 Å². The van der Waals surface area contributed by atoms with Crippen molar-refractivity contribution >= 4 is 22.4 Å². The molecular formula is C10H23ClN2O3S. The summed E-state index contributed by atoms with van der Waals surface area (Å²) in [5, 5.41) is 2.98. The van der Waals surface area contributed by atoms with E-state index in [9.17, 15) is 8.42 Å². The minimum atomic E-state index is -3.16. The molecule has 7 heteroatoms. The summed E-state index contributed by atoms with van der Waals surface area (Å²) in [7, 11) is -1.31. The number of hydrogen-bond donors (Lipinski definition) is 2. The molecular weight excluding hydrogens is 264 g/mol. The monoisotopic (exact) mass is 286 g/mol. The van der Waals surface area contributed by atoms with Gasteiger partial charge in [-0.25, -0.2) is 13.1 Å². The Balaban J connectivity index is 0.00000256. The fraction of sp³-hybridized carbons (Fsp3) is 1.00. The highest BCUT2D eigenvalue weighted by Crippen LogP contribution is 2.13. The summed E-state index contributed by atoms with van der Waals surface area (Å²) in [5.41, 5.74) is 0. The van der Waals surface area contributed by atoms with Crippen molar-refractivity contribution in [2.24, 2.45) is 0 Å². The van der Waals surface area contributed by atoms with Crippen molar-refractivity contribution < 1.29 is 13.2 Å². The highest BCUT2D eigenvalue weighted by Gasteiger charge is 2.21. The van der Waals surface area contributed by atoms with Gasteiger partial charge < -0.3 is 10.1 Å². The summed E-state index contributed by atoms with van der Waals surface area (Å²) in [4.78, 5) is 0. The van der Waals surface area contributed by atoms with Gasteiger partial charge in [-0.05, 0) is 39.3 Å². The third-order valence-corrected chi connectivity index (χ3v) is 4.06. The Bertz CT molecular complexity index is 279. The summed E-state index contributed by atoms with van der Waals surface area (Å²) in [6.07, 6.45) is 3.67. The Morgan fingerprint density at radius 1 is 1.29 bits per heavy atom. The van der Waals surface area contributed by atoms with Crippen molar-refractivity contribution in [1.29, 1.82) is 0 Å². The van der Waals surface area contributed by atoms with E-state index in [1.165, 1.54) is 0 Å². The maximum Gasteiger partial charge on any atom is 0.214 e. The third-order valence-electron chi connectivity index (χ3n) is 2.60. The SMILES string of the molecule is CNCCCNS(=O)(=O)CC1CCCCO1.Cl. The van der Waals surface area contributed by atoms with Gasteiger partial charge in [0.1, 0.15) is 0 Å².